The van der Waals surface area contributed by atoms with Crippen LogP contribution in [0, 0.1) is 11.7 Å². The zero-order chi connectivity index (χ0) is 14.5. The number of hydrogen-bond donors (Lipinski definition) is 1. The van der Waals surface area contributed by atoms with Crippen LogP contribution in [0.3, 0.4) is 0 Å². The van der Waals surface area contributed by atoms with Crippen LogP contribution in [0.4, 0.5) is 4.39 Å². The van der Waals surface area contributed by atoms with Gasteiger partial charge in [-0.1, -0.05) is 37.6 Å². The van der Waals surface area contributed by atoms with E-state index >= 15 is 0 Å². The highest BCUT2D eigenvalue weighted by Crippen LogP contribution is 2.18. The standard InChI is InChI=1S/C15H19ClFN3/c1-11(2)6-18-7-13-9-20(10-19-13)8-12-4-3-5-14(16)15(12)17/h3-5,9-11,18H,6-8H2,1-2H3. The minimum Gasteiger partial charge on any atom is -0.333 e. The summed E-state index contributed by atoms with van der Waals surface area (Å²) in [5, 5.41) is 3.48. The number of nitrogens with zero attached hydrogens (tertiary/aromatic N) is 2. The van der Waals surface area contributed by atoms with Crippen molar-refractivity contribution in [3.8, 4) is 0 Å². The molecule has 0 atom stereocenters. The molecular formula is C15H19ClFN3. The Labute approximate surface area is 123 Å². The van der Waals surface area contributed by atoms with E-state index in [1.165, 1.54) is 0 Å². The van der Waals surface area contributed by atoms with E-state index in [2.05, 4.69) is 24.1 Å². The second kappa shape index (κ2) is 6.86. The normalized spacial score (nSPS) is 11.2. The van der Waals surface area contributed by atoms with Gasteiger partial charge in [0, 0.05) is 18.3 Å². The van der Waals surface area contributed by atoms with Crippen LogP contribution in [-0.4, -0.2) is 16.1 Å². The number of nitrogens with one attached hydrogen (secondary N) is 1. The molecule has 20 heavy (non-hydrogen) atoms. The van der Waals surface area contributed by atoms with Gasteiger partial charge in [0.1, 0.15) is 5.82 Å². The third kappa shape index (κ3) is 4.05. The summed E-state index contributed by atoms with van der Waals surface area (Å²) >= 11 is 5.77. The molecule has 1 N–H and O–H groups in total. The third-order valence-corrected chi connectivity index (χ3v) is 3.22. The molecule has 0 aliphatic heterocycles. The Morgan fingerprint density at radius 3 is 2.95 bits per heavy atom. The zero-order valence-corrected chi connectivity index (χ0v) is 12.5. The number of rotatable bonds is 6. The Balaban J connectivity index is 1.97. The first kappa shape index (κ1) is 15.0. The first-order valence-corrected chi connectivity index (χ1v) is 7.08. The molecule has 0 aliphatic carbocycles. The number of halogens is 2. The fourth-order valence-corrected chi connectivity index (χ4v) is 2.13. The Morgan fingerprint density at radius 2 is 2.20 bits per heavy atom. The average Bonchev–Trinajstić information content (AvgIpc) is 2.82. The maximum absolute atomic E-state index is 13.8. The van der Waals surface area contributed by atoms with E-state index in [1.807, 2.05) is 10.8 Å². The van der Waals surface area contributed by atoms with Gasteiger partial charge in [0.05, 0.1) is 23.6 Å². The van der Waals surface area contributed by atoms with E-state index in [4.69, 9.17) is 11.6 Å². The lowest BCUT2D eigenvalue weighted by Crippen LogP contribution is -2.19. The lowest BCUT2D eigenvalue weighted by molar-refractivity contribution is 0.548. The van der Waals surface area contributed by atoms with Crippen molar-refractivity contribution in [1.82, 2.24) is 14.9 Å². The van der Waals surface area contributed by atoms with E-state index in [0.29, 0.717) is 18.0 Å². The third-order valence-electron chi connectivity index (χ3n) is 2.93. The lowest BCUT2D eigenvalue weighted by atomic mass is 10.2. The number of benzene rings is 1. The van der Waals surface area contributed by atoms with Crippen LogP contribution in [0.25, 0.3) is 0 Å². The van der Waals surface area contributed by atoms with Crippen molar-refractivity contribution in [1.29, 1.82) is 0 Å². The second-order valence-electron chi connectivity index (χ2n) is 5.28. The van der Waals surface area contributed by atoms with Gasteiger partial charge in [0.15, 0.2) is 0 Å². The maximum Gasteiger partial charge on any atom is 0.146 e. The van der Waals surface area contributed by atoms with E-state index < -0.39 is 0 Å². The van der Waals surface area contributed by atoms with Gasteiger partial charge in [0.25, 0.3) is 0 Å². The molecule has 0 unspecified atom stereocenters. The second-order valence-corrected chi connectivity index (χ2v) is 5.68. The molecule has 0 saturated heterocycles. The van der Waals surface area contributed by atoms with Gasteiger partial charge in [-0.3, -0.25) is 0 Å². The van der Waals surface area contributed by atoms with Crippen LogP contribution in [0.15, 0.2) is 30.7 Å². The van der Waals surface area contributed by atoms with Crippen LogP contribution >= 0.6 is 11.6 Å². The van der Waals surface area contributed by atoms with Crippen LogP contribution in [0.5, 0.6) is 0 Å². The number of aromatic nitrogens is 2. The van der Waals surface area contributed by atoms with Gasteiger partial charge < -0.3 is 9.88 Å². The molecule has 1 aromatic carbocycles. The van der Waals surface area contributed by atoms with Crippen LogP contribution in [0.1, 0.15) is 25.1 Å². The quantitative estimate of drug-likeness (QED) is 0.884. The summed E-state index contributed by atoms with van der Waals surface area (Å²) < 4.78 is 15.7. The van der Waals surface area contributed by atoms with E-state index in [1.54, 1.807) is 24.5 Å². The Hall–Kier alpha value is -1.39. The Morgan fingerprint density at radius 1 is 1.40 bits per heavy atom. The van der Waals surface area contributed by atoms with Crippen molar-refractivity contribution in [2.45, 2.75) is 26.9 Å². The molecule has 108 valence electrons. The minimum atomic E-state index is -0.359. The van der Waals surface area contributed by atoms with Crippen molar-refractivity contribution >= 4 is 11.6 Å². The Kier molecular flexibility index (Phi) is 5.15. The molecule has 0 spiro atoms. The predicted octanol–water partition coefficient (Wildman–Crippen LogP) is 3.47. The minimum absolute atomic E-state index is 0.154. The lowest BCUT2D eigenvalue weighted by Gasteiger charge is -2.06. The maximum atomic E-state index is 13.8. The topological polar surface area (TPSA) is 29.9 Å². The molecule has 3 nitrogen and oxygen atoms in total. The van der Waals surface area contributed by atoms with Crippen LogP contribution in [-0.2, 0) is 13.1 Å². The van der Waals surface area contributed by atoms with Crippen molar-refractivity contribution in [3.05, 3.63) is 52.8 Å². The summed E-state index contributed by atoms with van der Waals surface area (Å²) in [7, 11) is 0. The molecule has 5 heteroatoms. The monoisotopic (exact) mass is 295 g/mol. The summed E-state index contributed by atoms with van der Waals surface area (Å²) in [5.74, 6) is 0.250. The zero-order valence-electron chi connectivity index (χ0n) is 11.7. The van der Waals surface area contributed by atoms with Gasteiger partial charge in [-0.05, 0) is 18.5 Å². The highest BCUT2D eigenvalue weighted by molar-refractivity contribution is 6.30. The SMILES string of the molecule is CC(C)CNCc1cn(Cc2cccc(Cl)c2F)cn1. The molecule has 0 fully saturated rings. The summed E-state index contributed by atoms with van der Waals surface area (Å²) in [6.45, 7) is 6.43. The molecule has 0 amide bonds. The van der Waals surface area contributed by atoms with Crippen molar-refractivity contribution < 1.29 is 4.39 Å². The van der Waals surface area contributed by atoms with Gasteiger partial charge in [-0.25, -0.2) is 9.37 Å². The summed E-state index contributed by atoms with van der Waals surface area (Å²) in [6, 6.07) is 5.04. The highest BCUT2D eigenvalue weighted by atomic mass is 35.5. The van der Waals surface area contributed by atoms with Crippen LogP contribution in [0.2, 0.25) is 5.02 Å². The molecule has 2 rings (SSSR count). The van der Waals surface area contributed by atoms with Gasteiger partial charge in [0.2, 0.25) is 0 Å². The fraction of sp³-hybridized carbons (Fsp3) is 0.400. The highest BCUT2D eigenvalue weighted by Gasteiger charge is 2.07. The molecule has 0 bridgehead atoms. The number of imidazole rings is 1. The van der Waals surface area contributed by atoms with Crippen molar-refractivity contribution in [3.63, 3.8) is 0 Å². The summed E-state index contributed by atoms with van der Waals surface area (Å²) in [4.78, 5) is 4.31. The van der Waals surface area contributed by atoms with Crippen molar-refractivity contribution in [2.24, 2.45) is 5.92 Å². The predicted molar refractivity (Wildman–Crippen MR) is 79.3 cm³/mol. The Bertz CT molecular complexity index is 566. The largest absolute Gasteiger partial charge is 0.333 e. The van der Waals surface area contributed by atoms with Crippen LogP contribution < -0.4 is 5.32 Å². The molecule has 1 heterocycles. The first-order valence-electron chi connectivity index (χ1n) is 6.70. The molecule has 0 saturated carbocycles. The van der Waals surface area contributed by atoms with Gasteiger partial charge in [-0.2, -0.15) is 0 Å². The van der Waals surface area contributed by atoms with Crippen molar-refractivity contribution in [2.75, 3.05) is 6.54 Å². The van der Waals surface area contributed by atoms with E-state index in [-0.39, 0.29) is 10.8 Å². The average molecular weight is 296 g/mol. The van der Waals surface area contributed by atoms with Gasteiger partial charge >= 0.3 is 0 Å². The molecular weight excluding hydrogens is 277 g/mol. The summed E-state index contributed by atoms with van der Waals surface area (Å²) in [5.41, 5.74) is 1.52. The molecule has 0 aliphatic rings. The van der Waals surface area contributed by atoms with E-state index in [9.17, 15) is 4.39 Å². The number of hydrogen-bond acceptors (Lipinski definition) is 2. The first-order chi connectivity index (χ1) is 9.56. The molecule has 2 aromatic rings. The smallest absolute Gasteiger partial charge is 0.146 e. The molecule has 1 aromatic heterocycles. The van der Waals surface area contributed by atoms with Gasteiger partial charge in [-0.15, -0.1) is 0 Å². The fourth-order valence-electron chi connectivity index (χ4n) is 1.94. The summed E-state index contributed by atoms with van der Waals surface area (Å²) in [6.07, 6.45) is 3.64. The van der Waals surface area contributed by atoms with E-state index in [0.717, 1.165) is 18.8 Å². The molecule has 0 radical (unpaired) electrons.